The molecule has 0 unspecified atom stereocenters. The molecule has 0 aliphatic carbocycles. The molecule has 0 atom stereocenters. The van der Waals surface area contributed by atoms with E-state index in [4.69, 9.17) is 5.73 Å². The molecule has 0 aromatic heterocycles. The van der Waals surface area contributed by atoms with Gasteiger partial charge in [-0.1, -0.05) is 19.9 Å². The second-order valence-electron chi connectivity index (χ2n) is 5.82. The molecule has 0 saturated heterocycles. The SMILES string of the molecule is COC(=O)c1cccc(NC(=O)CCC(C)(C)CCN)c1. The van der Waals surface area contributed by atoms with E-state index in [9.17, 15) is 9.59 Å². The summed E-state index contributed by atoms with van der Waals surface area (Å²) in [6.45, 7) is 4.83. The zero-order valence-electron chi connectivity index (χ0n) is 12.9. The molecule has 1 rings (SSSR count). The number of nitrogens with two attached hydrogens (primary N) is 1. The van der Waals surface area contributed by atoms with Gasteiger partial charge >= 0.3 is 5.97 Å². The van der Waals surface area contributed by atoms with Crippen molar-refractivity contribution in [2.75, 3.05) is 19.0 Å². The molecule has 0 bridgehead atoms. The number of amides is 1. The number of carbonyl (C=O) groups excluding carboxylic acids is 2. The first-order valence-corrected chi connectivity index (χ1v) is 7.06. The number of rotatable bonds is 7. The maximum absolute atomic E-state index is 12.0. The van der Waals surface area contributed by atoms with Crippen LogP contribution in [0.3, 0.4) is 0 Å². The van der Waals surface area contributed by atoms with Crippen molar-refractivity contribution in [1.82, 2.24) is 0 Å². The van der Waals surface area contributed by atoms with Gasteiger partial charge in [0.1, 0.15) is 0 Å². The van der Waals surface area contributed by atoms with Crippen LogP contribution in [0.1, 0.15) is 43.5 Å². The Morgan fingerprint density at radius 3 is 2.62 bits per heavy atom. The Hall–Kier alpha value is -1.88. The van der Waals surface area contributed by atoms with E-state index in [1.54, 1.807) is 24.3 Å². The van der Waals surface area contributed by atoms with Crippen LogP contribution in [-0.2, 0) is 9.53 Å². The smallest absolute Gasteiger partial charge is 0.337 e. The van der Waals surface area contributed by atoms with Crippen molar-refractivity contribution < 1.29 is 14.3 Å². The molecule has 116 valence electrons. The molecule has 0 aliphatic heterocycles. The highest BCUT2D eigenvalue weighted by atomic mass is 16.5. The molecule has 0 spiro atoms. The van der Waals surface area contributed by atoms with Crippen molar-refractivity contribution in [2.24, 2.45) is 11.1 Å². The number of hydrogen-bond acceptors (Lipinski definition) is 4. The molecule has 0 saturated carbocycles. The van der Waals surface area contributed by atoms with Crippen molar-refractivity contribution in [3.8, 4) is 0 Å². The number of benzene rings is 1. The molecule has 5 heteroatoms. The van der Waals surface area contributed by atoms with Crippen LogP contribution in [0.4, 0.5) is 5.69 Å². The van der Waals surface area contributed by atoms with Gasteiger partial charge in [0.15, 0.2) is 0 Å². The first-order valence-electron chi connectivity index (χ1n) is 7.06. The number of methoxy groups -OCH3 is 1. The molecule has 0 aliphatic rings. The van der Waals surface area contributed by atoms with Crippen molar-refractivity contribution in [3.05, 3.63) is 29.8 Å². The van der Waals surface area contributed by atoms with E-state index >= 15 is 0 Å². The van der Waals surface area contributed by atoms with Crippen LogP contribution in [0.5, 0.6) is 0 Å². The normalized spacial score (nSPS) is 11.0. The van der Waals surface area contributed by atoms with Crippen LogP contribution < -0.4 is 11.1 Å². The fourth-order valence-electron chi connectivity index (χ4n) is 2.03. The molecular formula is C16H24N2O3. The van der Waals surface area contributed by atoms with Gasteiger partial charge in [0.25, 0.3) is 0 Å². The molecule has 3 N–H and O–H groups in total. The molecule has 5 nitrogen and oxygen atoms in total. The Kier molecular flexibility index (Phi) is 6.37. The summed E-state index contributed by atoms with van der Waals surface area (Å²) >= 11 is 0. The Labute approximate surface area is 125 Å². The number of hydrogen-bond donors (Lipinski definition) is 2. The van der Waals surface area contributed by atoms with Gasteiger partial charge < -0.3 is 15.8 Å². The molecular weight excluding hydrogens is 268 g/mol. The quantitative estimate of drug-likeness (QED) is 0.757. The second-order valence-corrected chi connectivity index (χ2v) is 5.82. The fourth-order valence-corrected chi connectivity index (χ4v) is 2.03. The summed E-state index contributed by atoms with van der Waals surface area (Å²) in [5, 5.41) is 2.80. The zero-order valence-corrected chi connectivity index (χ0v) is 12.9. The van der Waals surface area contributed by atoms with Gasteiger partial charge in [0.05, 0.1) is 12.7 Å². The predicted octanol–water partition coefficient (Wildman–Crippen LogP) is 2.57. The number of ether oxygens (including phenoxy) is 1. The standard InChI is InChI=1S/C16H24N2O3/c1-16(2,9-10-17)8-7-14(19)18-13-6-4-5-12(11-13)15(20)21-3/h4-6,11H,7-10,17H2,1-3H3,(H,18,19). The Morgan fingerprint density at radius 1 is 1.29 bits per heavy atom. The molecule has 21 heavy (non-hydrogen) atoms. The largest absolute Gasteiger partial charge is 0.465 e. The Balaban J connectivity index is 2.57. The van der Waals surface area contributed by atoms with Gasteiger partial charge in [-0.2, -0.15) is 0 Å². The van der Waals surface area contributed by atoms with Crippen LogP contribution in [0.15, 0.2) is 24.3 Å². The van der Waals surface area contributed by atoms with E-state index in [1.807, 2.05) is 0 Å². The van der Waals surface area contributed by atoms with Crippen molar-refractivity contribution in [2.45, 2.75) is 33.1 Å². The van der Waals surface area contributed by atoms with E-state index in [2.05, 4.69) is 23.9 Å². The maximum atomic E-state index is 12.0. The summed E-state index contributed by atoms with van der Waals surface area (Å²) < 4.78 is 4.65. The minimum absolute atomic E-state index is 0.0555. The van der Waals surface area contributed by atoms with Crippen LogP contribution >= 0.6 is 0 Å². The lowest BCUT2D eigenvalue weighted by atomic mass is 9.84. The third kappa shape index (κ3) is 5.95. The topological polar surface area (TPSA) is 81.4 Å². The number of carbonyl (C=O) groups is 2. The lowest BCUT2D eigenvalue weighted by Gasteiger charge is -2.23. The van der Waals surface area contributed by atoms with E-state index in [-0.39, 0.29) is 11.3 Å². The summed E-state index contributed by atoms with van der Waals surface area (Å²) in [7, 11) is 1.33. The maximum Gasteiger partial charge on any atom is 0.337 e. The number of nitrogens with one attached hydrogen (secondary N) is 1. The fraction of sp³-hybridized carbons (Fsp3) is 0.500. The molecule has 0 heterocycles. The van der Waals surface area contributed by atoms with Gasteiger partial charge in [0, 0.05) is 12.1 Å². The summed E-state index contributed by atoms with van der Waals surface area (Å²) in [6, 6.07) is 6.70. The van der Waals surface area contributed by atoms with Crippen molar-refractivity contribution in [3.63, 3.8) is 0 Å². The number of esters is 1. The Morgan fingerprint density at radius 2 is 2.00 bits per heavy atom. The predicted molar refractivity (Wildman–Crippen MR) is 83.1 cm³/mol. The number of anilines is 1. The molecule has 1 aromatic rings. The summed E-state index contributed by atoms with van der Waals surface area (Å²) in [5.74, 6) is -0.489. The first-order chi connectivity index (χ1) is 9.88. The summed E-state index contributed by atoms with van der Waals surface area (Å²) in [5.41, 5.74) is 6.63. The van der Waals surface area contributed by atoms with Gasteiger partial charge in [-0.3, -0.25) is 4.79 Å². The van der Waals surface area contributed by atoms with E-state index in [0.29, 0.717) is 24.2 Å². The molecule has 0 fully saturated rings. The zero-order chi connectivity index (χ0) is 15.9. The molecule has 0 radical (unpaired) electrons. The highest BCUT2D eigenvalue weighted by Gasteiger charge is 2.18. The average Bonchev–Trinajstić information content (AvgIpc) is 2.45. The third-order valence-corrected chi connectivity index (χ3v) is 3.42. The van der Waals surface area contributed by atoms with Gasteiger partial charge in [-0.15, -0.1) is 0 Å². The van der Waals surface area contributed by atoms with E-state index < -0.39 is 5.97 Å². The Bertz CT molecular complexity index is 498. The van der Waals surface area contributed by atoms with Crippen molar-refractivity contribution in [1.29, 1.82) is 0 Å². The van der Waals surface area contributed by atoms with Crippen molar-refractivity contribution >= 4 is 17.6 Å². The summed E-state index contributed by atoms with van der Waals surface area (Å²) in [4.78, 5) is 23.4. The minimum atomic E-state index is -0.421. The van der Waals surface area contributed by atoms with Crippen LogP contribution in [-0.4, -0.2) is 25.5 Å². The average molecular weight is 292 g/mol. The van der Waals surface area contributed by atoms with Gasteiger partial charge in [-0.05, 0) is 43.0 Å². The van der Waals surface area contributed by atoms with Crippen LogP contribution in [0, 0.1) is 5.41 Å². The third-order valence-electron chi connectivity index (χ3n) is 3.42. The van der Waals surface area contributed by atoms with E-state index in [0.717, 1.165) is 12.8 Å². The molecule has 1 amide bonds. The minimum Gasteiger partial charge on any atom is -0.465 e. The van der Waals surface area contributed by atoms with Crippen LogP contribution in [0.2, 0.25) is 0 Å². The summed E-state index contributed by atoms with van der Waals surface area (Å²) in [6.07, 6.45) is 2.08. The van der Waals surface area contributed by atoms with Gasteiger partial charge in [-0.25, -0.2) is 4.79 Å². The molecule has 1 aromatic carbocycles. The second kappa shape index (κ2) is 7.78. The monoisotopic (exact) mass is 292 g/mol. The highest BCUT2D eigenvalue weighted by molar-refractivity contribution is 5.94. The lowest BCUT2D eigenvalue weighted by molar-refractivity contribution is -0.116. The first kappa shape index (κ1) is 17.2. The van der Waals surface area contributed by atoms with Crippen LogP contribution in [0.25, 0.3) is 0 Å². The lowest BCUT2D eigenvalue weighted by Crippen LogP contribution is -2.20. The van der Waals surface area contributed by atoms with E-state index in [1.165, 1.54) is 7.11 Å². The van der Waals surface area contributed by atoms with Gasteiger partial charge in [0.2, 0.25) is 5.91 Å². The highest BCUT2D eigenvalue weighted by Crippen LogP contribution is 2.26.